The lowest BCUT2D eigenvalue weighted by Crippen LogP contribution is -2.03. The largest absolute Gasteiger partial charge is 0.241 e. The zero-order valence-electron chi connectivity index (χ0n) is 8.04. The van der Waals surface area contributed by atoms with Crippen molar-refractivity contribution in [3.05, 3.63) is 23.8 Å². The van der Waals surface area contributed by atoms with Gasteiger partial charge < -0.3 is 0 Å². The molecule has 0 radical (unpaired) electrons. The summed E-state index contributed by atoms with van der Waals surface area (Å²) in [6.07, 6.45) is 4.02. The first kappa shape index (κ1) is 9.17. The SMILES string of the molecule is CCC(C)Cc1nccc(C)n1. The number of aryl methyl sites for hydroxylation is 1. The average Bonchev–Trinajstić information content (AvgIpc) is 2.04. The Hall–Kier alpha value is -0.920. The highest BCUT2D eigenvalue weighted by atomic mass is 14.9. The van der Waals surface area contributed by atoms with Gasteiger partial charge in [-0.15, -0.1) is 0 Å². The molecule has 0 aliphatic carbocycles. The van der Waals surface area contributed by atoms with Gasteiger partial charge in [0.2, 0.25) is 0 Å². The van der Waals surface area contributed by atoms with Gasteiger partial charge in [-0.05, 0) is 18.9 Å². The second-order valence-corrected chi connectivity index (χ2v) is 3.33. The lowest BCUT2D eigenvalue weighted by molar-refractivity contribution is 0.542. The highest BCUT2D eigenvalue weighted by molar-refractivity contribution is 4.99. The van der Waals surface area contributed by atoms with E-state index in [0.29, 0.717) is 5.92 Å². The molecule has 0 amide bonds. The van der Waals surface area contributed by atoms with Gasteiger partial charge in [-0.25, -0.2) is 9.97 Å². The normalized spacial score (nSPS) is 12.9. The van der Waals surface area contributed by atoms with Gasteiger partial charge in [0.1, 0.15) is 5.82 Å². The molecule has 1 rings (SSSR count). The van der Waals surface area contributed by atoms with Gasteiger partial charge in [0.25, 0.3) is 0 Å². The molecule has 1 aromatic rings. The molecule has 0 aliphatic heterocycles. The summed E-state index contributed by atoms with van der Waals surface area (Å²) in [6, 6.07) is 1.93. The van der Waals surface area contributed by atoms with Crippen molar-refractivity contribution in [2.24, 2.45) is 5.92 Å². The van der Waals surface area contributed by atoms with E-state index in [4.69, 9.17) is 0 Å². The fourth-order valence-electron chi connectivity index (χ4n) is 1.06. The van der Waals surface area contributed by atoms with Crippen LogP contribution in [0.15, 0.2) is 12.3 Å². The molecule has 0 saturated carbocycles. The lowest BCUT2D eigenvalue weighted by atomic mass is 10.1. The van der Waals surface area contributed by atoms with Crippen LogP contribution in [-0.2, 0) is 6.42 Å². The van der Waals surface area contributed by atoms with Crippen molar-refractivity contribution in [2.75, 3.05) is 0 Å². The Morgan fingerprint density at radius 1 is 1.50 bits per heavy atom. The van der Waals surface area contributed by atoms with Crippen molar-refractivity contribution < 1.29 is 0 Å². The van der Waals surface area contributed by atoms with Crippen LogP contribution in [0.2, 0.25) is 0 Å². The van der Waals surface area contributed by atoms with Crippen LogP contribution in [-0.4, -0.2) is 9.97 Å². The van der Waals surface area contributed by atoms with E-state index in [-0.39, 0.29) is 0 Å². The van der Waals surface area contributed by atoms with E-state index < -0.39 is 0 Å². The van der Waals surface area contributed by atoms with Crippen LogP contribution in [0.3, 0.4) is 0 Å². The van der Waals surface area contributed by atoms with Gasteiger partial charge in [0.05, 0.1) is 0 Å². The first-order chi connectivity index (χ1) is 5.72. The summed E-state index contributed by atoms with van der Waals surface area (Å²) in [6.45, 7) is 6.42. The zero-order chi connectivity index (χ0) is 8.97. The molecular weight excluding hydrogens is 148 g/mol. The first-order valence-electron chi connectivity index (χ1n) is 4.51. The van der Waals surface area contributed by atoms with Crippen LogP contribution in [0, 0.1) is 12.8 Å². The van der Waals surface area contributed by atoms with Gasteiger partial charge in [0.15, 0.2) is 0 Å². The van der Waals surface area contributed by atoms with Gasteiger partial charge >= 0.3 is 0 Å². The molecule has 1 atom stereocenters. The maximum absolute atomic E-state index is 4.35. The fraction of sp³-hybridized carbons (Fsp3) is 0.600. The molecule has 2 heteroatoms. The number of hydrogen-bond acceptors (Lipinski definition) is 2. The smallest absolute Gasteiger partial charge is 0.128 e. The summed E-state index contributed by atoms with van der Waals surface area (Å²) < 4.78 is 0. The summed E-state index contributed by atoms with van der Waals surface area (Å²) in [5.41, 5.74) is 1.06. The molecule has 0 aliphatic rings. The highest BCUT2D eigenvalue weighted by Gasteiger charge is 2.02. The Bertz CT molecular complexity index is 245. The molecule has 66 valence electrons. The second-order valence-electron chi connectivity index (χ2n) is 3.33. The third kappa shape index (κ3) is 2.61. The lowest BCUT2D eigenvalue weighted by Gasteiger charge is -2.06. The Morgan fingerprint density at radius 2 is 2.25 bits per heavy atom. The molecule has 1 unspecified atom stereocenters. The Kier molecular flexibility index (Phi) is 3.20. The molecule has 0 saturated heterocycles. The number of aromatic nitrogens is 2. The molecule has 12 heavy (non-hydrogen) atoms. The number of hydrogen-bond donors (Lipinski definition) is 0. The fourth-order valence-corrected chi connectivity index (χ4v) is 1.06. The minimum Gasteiger partial charge on any atom is -0.241 e. The van der Waals surface area contributed by atoms with E-state index in [9.17, 15) is 0 Å². The summed E-state index contributed by atoms with van der Waals surface area (Å²) >= 11 is 0. The van der Waals surface area contributed by atoms with Gasteiger partial charge in [-0.3, -0.25) is 0 Å². The second kappa shape index (κ2) is 4.19. The minimum atomic E-state index is 0.687. The van der Waals surface area contributed by atoms with Crippen LogP contribution in [0.1, 0.15) is 31.8 Å². The van der Waals surface area contributed by atoms with E-state index in [1.54, 1.807) is 0 Å². The van der Waals surface area contributed by atoms with Crippen molar-refractivity contribution in [3.8, 4) is 0 Å². The predicted molar refractivity (Wildman–Crippen MR) is 49.9 cm³/mol. The summed E-state index contributed by atoms with van der Waals surface area (Å²) in [5, 5.41) is 0. The molecule has 2 nitrogen and oxygen atoms in total. The molecule has 0 aromatic carbocycles. The average molecular weight is 164 g/mol. The van der Waals surface area contributed by atoms with Gasteiger partial charge in [0, 0.05) is 18.3 Å². The quantitative estimate of drug-likeness (QED) is 0.685. The van der Waals surface area contributed by atoms with E-state index >= 15 is 0 Å². The topological polar surface area (TPSA) is 25.8 Å². The number of rotatable bonds is 3. The van der Waals surface area contributed by atoms with Crippen LogP contribution >= 0.6 is 0 Å². The van der Waals surface area contributed by atoms with Crippen molar-refractivity contribution in [2.45, 2.75) is 33.6 Å². The third-order valence-corrected chi connectivity index (χ3v) is 2.07. The van der Waals surface area contributed by atoms with E-state index in [2.05, 4.69) is 23.8 Å². The molecule has 0 spiro atoms. The zero-order valence-corrected chi connectivity index (χ0v) is 8.04. The Balaban J connectivity index is 2.63. The summed E-state index contributed by atoms with van der Waals surface area (Å²) in [4.78, 5) is 8.57. The van der Waals surface area contributed by atoms with Gasteiger partial charge in [-0.1, -0.05) is 20.3 Å². The van der Waals surface area contributed by atoms with Crippen LogP contribution in [0.4, 0.5) is 0 Å². The van der Waals surface area contributed by atoms with Crippen molar-refractivity contribution in [3.63, 3.8) is 0 Å². The minimum absolute atomic E-state index is 0.687. The maximum atomic E-state index is 4.35. The van der Waals surface area contributed by atoms with E-state index in [0.717, 1.165) is 17.9 Å². The molecule has 0 fully saturated rings. The Morgan fingerprint density at radius 3 is 2.83 bits per heavy atom. The van der Waals surface area contributed by atoms with Gasteiger partial charge in [-0.2, -0.15) is 0 Å². The standard InChI is InChI=1S/C10H16N2/c1-4-8(2)7-10-11-6-5-9(3)12-10/h5-6,8H,4,7H2,1-3H3. The van der Waals surface area contributed by atoms with Crippen LogP contribution < -0.4 is 0 Å². The molecular formula is C10H16N2. The molecule has 1 heterocycles. The monoisotopic (exact) mass is 164 g/mol. The van der Waals surface area contributed by atoms with Crippen LogP contribution in [0.25, 0.3) is 0 Å². The summed E-state index contributed by atoms with van der Waals surface area (Å²) in [7, 11) is 0. The van der Waals surface area contributed by atoms with E-state index in [1.165, 1.54) is 6.42 Å². The maximum Gasteiger partial charge on any atom is 0.128 e. The molecule has 0 bridgehead atoms. The third-order valence-electron chi connectivity index (χ3n) is 2.07. The van der Waals surface area contributed by atoms with Crippen molar-refractivity contribution in [1.29, 1.82) is 0 Å². The predicted octanol–water partition coefficient (Wildman–Crippen LogP) is 2.37. The highest BCUT2D eigenvalue weighted by Crippen LogP contribution is 2.07. The summed E-state index contributed by atoms with van der Waals surface area (Å²) in [5.74, 6) is 1.66. The first-order valence-corrected chi connectivity index (χ1v) is 4.51. The van der Waals surface area contributed by atoms with Crippen molar-refractivity contribution >= 4 is 0 Å². The van der Waals surface area contributed by atoms with Crippen molar-refractivity contribution in [1.82, 2.24) is 9.97 Å². The van der Waals surface area contributed by atoms with Crippen LogP contribution in [0.5, 0.6) is 0 Å². The Labute approximate surface area is 74.1 Å². The molecule has 0 N–H and O–H groups in total. The number of nitrogens with zero attached hydrogens (tertiary/aromatic N) is 2. The molecule has 1 aromatic heterocycles. The van der Waals surface area contributed by atoms with E-state index in [1.807, 2.05) is 19.2 Å².